The van der Waals surface area contributed by atoms with Crippen molar-refractivity contribution in [2.75, 3.05) is 19.8 Å². The number of hydrogen-bond acceptors (Lipinski definition) is 5. The molecule has 0 aliphatic rings. The molecule has 0 rings (SSSR count). The summed E-state index contributed by atoms with van der Waals surface area (Å²) in [6, 6.07) is 0. The van der Waals surface area contributed by atoms with Crippen molar-refractivity contribution in [3.05, 3.63) is 0 Å². The minimum atomic E-state index is -4.82. The highest BCUT2D eigenvalue weighted by atomic mass is 19.4. The predicted octanol–water partition coefficient (Wildman–Crippen LogP) is 2.05. The minimum Gasteiger partial charge on any atom is -0.465 e. The largest absolute Gasteiger partial charge is 0.522 e. The average Bonchev–Trinajstić information content (AvgIpc) is 2.27. The van der Waals surface area contributed by atoms with E-state index in [0.29, 0.717) is 0 Å². The molecule has 112 valence electrons. The Morgan fingerprint density at radius 2 is 1.42 bits per heavy atom. The first kappa shape index (κ1) is 17.7. The number of hydrogen-bond donors (Lipinski definition) is 0. The van der Waals surface area contributed by atoms with Crippen LogP contribution in [-0.2, 0) is 23.8 Å². The molecule has 0 aromatic rings. The maximum absolute atomic E-state index is 11.9. The van der Waals surface area contributed by atoms with Crippen LogP contribution >= 0.6 is 0 Å². The van der Waals surface area contributed by atoms with Gasteiger partial charge in [0.05, 0.1) is 19.8 Å². The van der Waals surface area contributed by atoms with Crippen LogP contribution in [0.3, 0.4) is 0 Å². The highest BCUT2D eigenvalue weighted by molar-refractivity contribution is 5.99. The van der Waals surface area contributed by atoms with Crippen LogP contribution in [0, 0.1) is 5.41 Å². The lowest BCUT2D eigenvalue weighted by atomic mass is 9.87. The molecule has 0 aromatic carbocycles. The van der Waals surface area contributed by atoms with Crippen molar-refractivity contribution in [3.63, 3.8) is 0 Å². The Kier molecular flexibility index (Phi) is 6.82. The number of esters is 2. The van der Waals surface area contributed by atoms with Gasteiger partial charge in [-0.3, -0.25) is 14.3 Å². The third-order valence-corrected chi connectivity index (χ3v) is 2.32. The lowest BCUT2D eigenvalue weighted by Gasteiger charge is -2.24. The highest BCUT2D eigenvalue weighted by Gasteiger charge is 2.45. The van der Waals surface area contributed by atoms with Crippen molar-refractivity contribution in [1.29, 1.82) is 0 Å². The first-order chi connectivity index (χ1) is 8.67. The van der Waals surface area contributed by atoms with Gasteiger partial charge in [-0.15, -0.1) is 13.2 Å². The van der Waals surface area contributed by atoms with Gasteiger partial charge in [-0.05, 0) is 27.2 Å². The summed E-state index contributed by atoms with van der Waals surface area (Å²) in [5, 5.41) is 0. The number of ether oxygens (including phenoxy) is 3. The van der Waals surface area contributed by atoms with Crippen molar-refractivity contribution < 1.29 is 37.0 Å². The van der Waals surface area contributed by atoms with Gasteiger partial charge in [0, 0.05) is 0 Å². The molecule has 0 saturated carbocycles. The minimum absolute atomic E-state index is 0.00789. The van der Waals surface area contributed by atoms with E-state index in [1.807, 2.05) is 0 Å². The Morgan fingerprint density at radius 3 is 1.74 bits per heavy atom. The summed E-state index contributed by atoms with van der Waals surface area (Å²) in [6.45, 7) is 3.40. The maximum atomic E-state index is 11.9. The van der Waals surface area contributed by atoms with E-state index < -0.39 is 36.7 Å². The molecule has 0 spiro atoms. The molecule has 0 N–H and O–H groups in total. The van der Waals surface area contributed by atoms with E-state index >= 15 is 0 Å². The maximum Gasteiger partial charge on any atom is 0.522 e. The average molecular weight is 286 g/mol. The van der Waals surface area contributed by atoms with Crippen molar-refractivity contribution in [3.8, 4) is 0 Å². The molecular formula is C11H17F3O5. The third kappa shape index (κ3) is 5.91. The highest BCUT2D eigenvalue weighted by Crippen LogP contribution is 2.27. The van der Waals surface area contributed by atoms with Crippen molar-refractivity contribution in [2.24, 2.45) is 5.41 Å². The summed E-state index contributed by atoms with van der Waals surface area (Å²) in [7, 11) is 0. The standard InChI is InChI=1S/C11H17F3O5/c1-4-17-8(15)10(3,9(16)18-5-2)6-7-19-11(12,13)14/h4-7H2,1-3H3. The van der Waals surface area contributed by atoms with Gasteiger partial charge in [0.1, 0.15) is 0 Å². The van der Waals surface area contributed by atoms with Crippen molar-refractivity contribution in [2.45, 2.75) is 33.6 Å². The molecule has 0 unspecified atom stereocenters. The van der Waals surface area contributed by atoms with Gasteiger partial charge in [-0.1, -0.05) is 0 Å². The molecule has 0 atom stereocenters. The van der Waals surface area contributed by atoms with E-state index in [1.54, 1.807) is 0 Å². The summed E-state index contributed by atoms with van der Waals surface area (Å²) in [5.74, 6) is -1.86. The van der Waals surface area contributed by atoms with Crippen LogP contribution in [0.5, 0.6) is 0 Å². The van der Waals surface area contributed by atoms with Crippen LogP contribution in [0.4, 0.5) is 13.2 Å². The van der Waals surface area contributed by atoms with Gasteiger partial charge in [-0.2, -0.15) is 0 Å². The fraction of sp³-hybridized carbons (Fsp3) is 0.818. The Hall–Kier alpha value is -1.31. The number of carbonyl (C=O) groups excluding carboxylic acids is 2. The second-order valence-electron chi connectivity index (χ2n) is 3.82. The number of rotatable bonds is 7. The molecule has 0 bridgehead atoms. The van der Waals surface area contributed by atoms with Gasteiger partial charge in [0.15, 0.2) is 5.41 Å². The zero-order valence-electron chi connectivity index (χ0n) is 11.0. The Labute approximate surface area is 109 Å². The molecule has 8 heteroatoms. The van der Waals surface area contributed by atoms with E-state index in [0.717, 1.165) is 0 Å². The van der Waals surface area contributed by atoms with E-state index in [9.17, 15) is 22.8 Å². The van der Waals surface area contributed by atoms with Gasteiger partial charge in [0.2, 0.25) is 0 Å². The van der Waals surface area contributed by atoms with Crippen molar-refractivity contribution in [1.82, 2.24) is 0 Å². The zero-order valence-corrected chi connectivity index (χ0v) is 11.0. The summed E-state index contributed by atoms with van der Waals surface area (Å²) >= 11 is 0. The molecule has 5 nitrogen and oxygen atoms in total. The monoisotopic (exact) mass is 286 g/mol. The normalized spacial score (nSPS) is 12.1. The topological polar surface area (TPSA) is 61.8 Å². The molecule has 19 heavy (non-hydrogen) atoms. The lowest BCUT2D eigenvalue weighted by molar-refractivity contribution is -0.326. The number of alkyl halides is 3. The SMILES string of the molecule is CCOC(=O)C(C)(CCOC(F)(F)F)C(=O)OCC. The molecule has 0 radical (unpaired) electrons. The van der Waals surface area contributed by atoms with Crippen LogP contribution in [-0.4, -0.2) is 38.1 Å². The first-order valence-electron chi connectivity index (χ1n) is 5.72. The quantitative estimate of drug-likeness (QED) is 0.529. The number of carbonyl (C=O) groups is 2. The molecule has 0 aromatic heterocycles. The predicted molar refractivity (Wildman–Crippen MR) is 58.0 cm³/mol. The lowest BCUT2D eigenvalue weighted by Crippen LogP contribution is -2.40. The van der Waals surface area contributed by atoms with E-state index in [4.69, 9.17) is 0 Å². The molecule has 0 saturated heterocycles. The summed E-state index contributed by atoms with van der Waals surface area (Å²) in [6.07, 6.45) is -5.30. The summed E-state index contributed by atoms with van der Waals surface area (Å²) < 4.78 is 48.6. The van der Waals surface area contributed by atoms with Gasteiger partial charge >= 0.3 is 18.3 Å². The molecule has 0 heterocycles. The molecule has 0 fully saturated rings. The fourth-order valence-corrected chi connectivity index (χ4v) is 1.24. The van der Waals surface area contributed by atoms with Gasteiger partial charge < -0.3 is 9.47 Å². The summed E-state index contributed by atoms with van der Waals surface area (Å²) in [5.41, 5.74) is -1.81. The Balaban J connectivity index is 4.76. The molecule has 0 aliphatic carbocycles. The number of halogens is 3. The van der Waals surface area contributed by atoms with Gasteiger partial charge in [0.25, 0.3) is 0 Å². The fourth-order valence-electron chi connectivity index (χ4n) is 1.24. The summed E-state index contributed by atoms with van der Waals surface area (Å²) in [4.78, 5) is 23.4. The first-order valence-corrected chi connectivity index (χ1v) is 5.72. The van der Waals surface area contributed by atoms with E-state index in [-0.39, 0.29) is 13.2 Å². The van der Waals surface area contributed by atoms with Crippen LogP contribution in [0.15, 0.2) is 0 Å². The Bertz CT molecular complexity index is 296. The molecule has 0 amide bonds. The van der Waals surface area contributed by atoms with Crippen molar-refractivity contribution >= 4 is 11.9 Å². The van der Waals surface area contributed by atoms with Crippen LogP contribution in [0.2, 0.25) is 0 Å². The molecular weight excluding hydrogens is 269 g/mol. The van der Waals surface area contributed by atoms with Crippen LogP contribution < -0.4 is 0 Å². The van der Waals surface area contributed by atoms with Gasteiger partial charge in [-0.25, -0.2) is 0 Å². The third-order valence-electron chi connectivity index (χ3n) is 2.32. The Morgan fingerprint density at radius 1 is 1.00 bits per heavy atom. The second kappa shape index (κ2) is 7.32. The molecule has 0 aliphatic heterocycles. The van der Waals surface area contributed by atoms with E-state index in [1.165, 1.54) is 20.8 Å². The van der Waals surface area contributed by atoms with Crippen LogP contribution in [0.25, 0.3) is 0 Å². The zero-order chi connectivity index (χ0) is 15.1. The van der Waals surface area contributed by atoms with Crippen LogP contribution in [0.1, 0.15) is 27.2 Å². The van der Waals surface area contributed by atoms with E-state index in [2.05, 4.69) is 14.2 Å². The smallest absolute Gasteiger partial charge is 0.465 e. The second-order valence-corrected chi connectivity index (χ2v) is 3.82.